The molecule has 0 aromatic heterocycles. The number of benzene rings is 3. The van der Waals surface area contributed by atoms with E-state index >= 15 is 0 Å². The smallest absolute Gasteiger partial charge is 0.335 e. The second kappa shape index (κ2) is 9.72. The summed E-state index contributed by atoms with van der Waals surface area (Å²) in [7, 11) is 1.50. The van der Waals surface area contributed by atoms with Gasteiger partial charge >= 0.3 is 6.03 Å². The van der Waals surface area contributed by atoms with E-state index in [0.29, 0.717) is 23.7 Å². The molecule has 3 aromatic carbocycles. The molecule has 1 aliphatic heterocycles. The zero-order valence-electron chi connectivity index (χ0n) is 19.5. The molecular formula is C27H24N2O6. The highest BCUT2D eigenvalue weighted by Gasteiger charge is 2.36. The number of phenolic OH excluding ortho intramolecular Hbond substituents is 1. The second-order valence-electron chi connectivity index (χ2n) is 8.17. The number of amides is 4. The molecule has 8 nitrogen and oxygen atoms in total. The lowest BCUT2D eigenvalue weighted by Crippen LogP contribution is -2.54. The van der Waals surface area contributed by atoms with Crippen molar-refractivity contribution in [2.75, 3.05) is 12.0 Å². The summed E-state index contributed by atoms with van der Waals surface area (Å²) in [5, 5.41) is 11.7. The van der Waals surface area contributed by atoms with Gasteiger partial charge in [-0.2, -0.15) is 0 Å². The minimum absolute atomic E-state index is 0.0163. The number of nitrogens with one attached hydrogen (secondary N) is 1. The van der Waals surface area contributed by atoms with Crippen LogP contribution in [0.25, 0.3) is 6.08 Å². The van der Waals surface area contributed by atoms with Crippen molar-refractivity contribution in [3.63, 3.8) is 0 Å². The van der Waals surface area contributed by atoms with E-state index < -0.39 is 17.8 Å². The van der Waals surface area contributed by atoms with Crippen LogP contribution in [0.3, 0.4) is 0 Å². The molecule has 35 heavy (non-hydrogen) atoms. The van der Waals surface area contributed by atoms with Crippen molar-refractivity contribution in [2.45, 2.75) is 20.5 Å². The predicted octanol–water partition coefficient (Wildman–Crippen LogP) is 4.26. The second-order valence-corrected chi connectivity index (χ2v) is 8.17. The monoisotopic (exact) mass is 472 g/mol. The first-order valence-corrected chi connectivity index (χ1v) is 10.8. The van der Waals surface area contributed by atoms with Crippen LogP contribution in [0.15, 0.2) is 66.2 Å². The summed E-state index contributed by atoms with van der Waals surface area (Å²) in [6, 6.07) is 15.9. The van der Waals surface area contributed by atoms with Crippen LogP contribution in [0.5, 0.6) is 17.2 Å². The molecule has 0 saturated carbocycles. The van der Waals surface area contributed by atoms with Gasteiger partial charge in [0.1, 0.15) is 17.9 Å². The van der Waals surface area contributed by atoms with Crippen molar-refractivity contribution in [1.29, 1.82) is 0 Å². The molecule has 1 fully saturated rings. The quantitative estimate of drug-likeness (QED) is 0.410. The number of aryl methyl sites for hydroxylation is 2. The topological polar surface area (TPSA) is 105 Å². The molecule has 0 unspecified atom stereocenters. The molecule has 8 heteroatoms. The van der Waals surface area contributed by atoms with Crippen LogP contribution in [-0.4, -0.2) is 30.1 Å². The minimum atomic E-state index is -0.865. The standard InChI is InChI=1S/C27H24N2O6/c1-16-10-17(2)12-19(11-16)15-35-23-9-4-18(14-24(23)34-3)13-22-25(31)28-27(33)29(26(22)32)20-5-7-21(30)8-6-20/h4-14,30H,15H2,1-3H3,(H,28,31,33)/b22-13+. The first-order valence-electron chi connectivity index (χ1n) is 10.8. The Hall–Kier alpha value is -4.59. The Morgan fingerprint density at radius 1 is 0.914 bits per heavy atom. The predicted molar refractivity (Wildman–Crippen MR) is 130 cm³/mol. The third-order valence-electron chi connectivity index (χ3n) is 5.38. The van der Waals surface area contributed by atoms with Gasteiger partial charge in [-0.15, -0.1) is 0 Å². The van der Waals surface area contributed by atoms with Crippen molar-refractivity contribution in [2.24, 2.45) is 0 Å². The van der Waals surface area contributed by atoms with Gasteiger partial charge in [0.25, 0.3) is 11.8 Å². The first-order chi connectivity index (χ1) is 16.7. The maximum Gasteiger partial charge on any atom is 0.335 e. The molecule has 178 valence electrons. The molecule has 0 radical (unpaired) electrons. The third-order valence-corrected chi connectivity index (χ3v) is 5.38. The fraction of sp³-hybridized carbons (Fsp3) is 0.148. The number of carbonyl (C=O) groups is 3. The molecule has 0 aliphatic carbocycles. The van der Waals surface area contributed by atoms with Crippen molar-refractivity contribution < 1.29 is 29.0 Å². The highest BCUT2D eigenvalue weighted by molar-refractivity contribution is 6.39. The van der Waals surface area contributed by atoms with Gasteiger partial charge in [0.05, 0.1) is 12.8 Å². The molecule has 0 bridgehead atoms. The lowest BCUT2D eigenvalue weighted by atomic mass is 10.1. The Balaban J connectivity index is 1.59. The summed E-state index contributed by atoms with van der Waals surface area (Å²) in [4.78, 5) is 38.6. The van der Waals surface area contributed by atoms with Crippen molar-refractivity contribution >= 4 is 29.6 Å². The minimum Gasteiger partial charge on any atom is -0.508 e. The van der Waals surface area contributed by atoms with Crippen LogP contribution in [-0.2, 0) is 16.2 Å². The van der Waals surface area contributed by atoms with Gasteiger partial charge in [-0.3, -0.25) is 14.9 Å². The molecule has 4 rings (SSSR count). The summed E-state index contributed by atoms with van der Waals surface area (Å²) in [5.74, 6) is -0.659. The number of methoxy groups -OCH3 is 1. The Morgan fingerprint density at radius 3 is 2.26 bits per heavy atom. The number of aromatic hydroxyl groups is 1. The number of imide groups is 2. The summed E-state index contributed by atoms with van der Waals surface area (Å²) in [6.45, 7) is 4.40. The van der Waals surface area contributed by atoms with Crippen LogP contribution < -0.4 is 19.7 Å². The van der Waals surface area contributed by atoms with Crippen molar-refractivity contribution in [3.05, 3.63) is 88.5 Å². The molecule has 1 heterocycles. The molecule has 1 saturated heterocycles. The number of urea groups is 1. The zero-order chi connectivity index (χ0) is 25.1. The Kier molecular flexibility index (Phi) is 6.55. The molecule has 2 N–H and O–H groups in total. The van der Waals surface area contributed by atoms with E-state index in [2.05, 4.69) is 11.4 Å². The van der Waals surface area contributed by atoms with Gasteiger partial charge < -0.3 is 14.6 Å². The number of hydrogen-bond acceptors (Lipinski definition) is 6. The maximum atomic E-state index is 13.0. The molecule has 0 atom stereocenters. The number of hydrogen-bond donors (Lipinski definition) is 2. The van der Waals surface area contributed by atoms with Gasteiger partial charge in [-0.1, -0.05) is 35.4 Å². The van der Waals surface area contributed by atoms with Gasteiger partial charge in [0, 0.05) is 0 Å². The summed E-state index contributed by atoms with van der Waals surface area (Å²) >= 11 is 0. The number of carbonyl (C=O) groups excluding carboxylic acids is 3. The number of rotatable bonds is 6. The van der Waals surface area contributed by atoms with Crippen LogP contribution in [0.2, 0.25) is 0 Å². The SMILES string of the molecule is COc1cc(/C=C2\C(=O)NC(=O)N(c3ccc(O)cc3)C2=O)ccc1OCc1cc(C)cc(C)c1. The summed E-state index contributed by atoms with van der Waals surface area (Å²) < 4.78 is 11.4. The average Bonchev–Trinajstić information content (AvgIpc) is 2.81. The summed E-state index contributed by atoms with van der Waals surface area (Å²) in [6.07, 6.45) is 1.38. The number of barbiturate groups is 1. The fourth-order valence-electron chi connectivity index (χ4n) is 3.87. The number of phenols is 1. The number of ether oxygens (including phenoxy) is 2. The third kappa shape index (κ3) is 5.16. The number of nitrogens with zero attached hydrogens (tertiary/aromatic N) is 1. The van der Waals surface area contributed by atoms with E-state index in [1.165, 1.54) is 37.5 Å². The maximum absolute atomic E-state index is 13.0. The van der Waals surface area contributed by atoms with Gasteiger partial charge in [-0.05, 0) is 67.4 Å². The van der Waals surface area contributed by atoms with E-state index in [-0.39, 0.29) is 17.0 Å². The molecule has 3 aromatic rings. The van der Waals surface area contributed by atoms with Crippen molar-refractivity contribution in [1.82, 2.24) is 5.32 Å². The van der Waals surface area contributed by atoms with Crippen LogP contribution in [0.4, 0.5) is 10.5 Å². The Labute approximate surface area is 202 Å². The first kappa shape index (κ1) is 23.6. The largest absolute Gasteiger partial charge is 0.508 e. The van der Waals surface area contributed by atoms with E-state index in [9.17, 15) is 19.5 Å². The van der Waals surface area contributed by atoms with Crippen molar-refractivity contribution in [3.8, 4) is 17.2 Å². The molecule has 4 amide bonds. The van der Waals surface area contributed by atoms with Gasteiger partial charge in [-0.25, -0.2) is 9.69 Å². The van der Waals surface area contributed by atoms with Crippen LogP contribution >= 0.6 is 0 Å². The van der Waals surface area contributed by atoms with Gasteiger partial charge in [0.2, 0.25) is 0 Å². The van der Waals surface area contributed by atoms with Crippen LogP contribution in [0.1, 0.15) is 22.3 Å². The van der Waals surface area contributed by atoms with E-state index in [1.54, 1.807) is 18.2 Å². The van der Waals surface area contributed by atoms with E-state index in [4.69, 9.17) is 9.47 Å². The average molecular weight is 472 g/mol. The fourth-order valence-corrected chi connectivity index (χ4v) is 3.87. The highest BCUT2D eigenvalue weighted by Crippen LogP contribution is 2.31. The highest BCUT2D eigenvalue weighted by atomic mass is 16.5. The molecule has 1 aliphatic rings. The zero-order valence-corrected chi connectivity index (χ0v) is 19.5. The summed E-state index contributed by atoms with van der Waals surface area (Å²) in [5.41, 5.74) is 3.83. The number of anilines is 1. The van der Waals surface area contributed by atoms with Crippen LogP contribution in [0, 0.1) is 13.8 Å². The lowest BCUT2D eigenvalue weighted by Gasteiger charge is -2.26. The lowest BCUT2D eigenvalue weighted by molar-refractivity contribution is -0.122. The van der Waals surface area contributed by atoms with E-state index in [0.717, 1.165) is 21.6 Å². The van der Waals surface area contributed by atoms with Gasteiger partial charge in [0.15, 0.2) is 11.5 Å². The van der Waals surface area contributed by atoms with E-state index in [1.807, 2.05) is 26.0 Å². The normalized spacial score (nSPS) is 14.8. The molecular weight excluding hydrogens is 448 g/mol. The Bertz CT molecular complexity index is 1320. The Morgan fingerprint density at radius 2 is 1.60 bits per heavy atom. The molecule has 0 spiro atoms.